The monoisotopic (exact) mass is 236 g/mol. The van der Waals surface area contributed by atoms with E-state index in [1.807, 2.05) is 0 Å². The summed E-state index contributed by atoms with van der Waals surface area (Å²) < 4.78 is 17.1. The zero-order valence-electron chi connectivity index (χ0n) is 9.67. The van der Waals surface area contributed by atoms with Crippen molar-refractivity contribution in [1.82, 2.24) is 9.97 Å². The first kappa shape index (κ1) is 10.9. The van der Waals surface area contributed by atoms with Gasteiger partial charge in [-0.1, -0.05) is 0 Å². The van der Waals surface area contributed by atoms with Gasteiger partial charge in [-0.25, -0.2) is 9.97 Å². The molecule has 0 unspecified atom stereocenters. The molecule has 1 spiro atoms. The van der Waals surface area contributed by atoms with E-state index in [4.69, 9.17) is 14.2 Å². The SMILES string of the molecule is c1cnc(OC2CCC3(CC2)OCCO3)nc1. The molecule has 0 atom stereocenters. The van der Waals surface area contributed by atoms with Gasteiger partial charge < -0.3 is 14.2 Å². The standard InChI is InChI=1S/C12H16N2O3/c1-6-13-11(14-7-1)17-10-2-4-12(5-3-10)15-8-9-16-12/h1,6-7,10H,2-5,8-9H2. The molecule has 1 saturated carbocycles. The lowest BCUT2D eigenvalue weighted by Gasteiger charge is -2.34. The van der Waals surface area contributed by atoms with E-state index in [0.717, 1.165) is 25.7 Å². The summed E-state index contributed by atoms with van der Waals surface area (Å²) in [5, 5.41) is 0. The van der Waals surface area contributed by atoms with Crippen LogP contribution in [0.25, 0.3) is 0 Å². The first-order valence-electron chi connectivity index (χ1n) is 6.08. The van der Waals surface area contributed by atoms with Crippen molar-refractivity contribution in [1.29, 1.82) is 0 Å². The lowest BCUT2D eigenvalue weighted by molar-refractivity contribution is -0.186. The van der Waals surface area contributed by atoms with Gasteiger partial charge in [0.05, 0.1) is 13.2 Å². The molecule has 1 aliphatic heterocycles. The number of nitrogens with zero attached hydrogens (tertiary/aromatic N) is 2. The third kappa shape index (κ3) is 2.40. The zero-order valence-corrected chi connectivity index (χ0v) is 9.67. The predicted octanol–water partition coefficient (Wildman–Crippen LogP) is 1.54. The molecule has 1 saturated heterocycles. The summed E-state index contributed by atoms with van der Waals surface area (Å²) in [5.41, 5.74) is 0. The summed E-state index contributed by atoms with van der Waals surface area (Å²) in [6, 6.07) is 2.24. The molecule has 0 bridgehead atoms. The Balaban J connectivity index is 1.55. The van der Waals surface area contributed by atoms with Crippen LogP contribution >= 0.6 is 0 Å². The summed E-state index contributed by atoms with van der Waals surface area (Å²) >= 11 is 0. The van der Waals surface area contributed by atoms with Crippen LogP contribution in [0.4, 0.5) is 0 Å². The summed E-state index contributed by atoms with van der Waals surface area (Å²) in [6.07, 6.45) is 7.20. The Morgan fingerprint density at radius 3 is 2.41 bits per heavy atom. The fourth-order valence-corrected chi connectivity index (χ4v) is 2.43. The van der Waals surface area contributed by atoms with Crippen molar-refractivity contribution in [2.24, 2.45) is 0 Å². The molecule has 2 aliphatic rings. The normalized spacial score (nSPS) is 24.0. The van der Waals surface area contributed by atoms with Crippen molar-refractivity contribution in [3.63, 3.8) is 0 Å². The molecule has 0 radical (unpaired) electrons. The van der Waals surface area contributed by atoms with Gasteiger partial charge in [-0.05, 0) is 18.9 Å². The molecule has 2 fully saturated rings. The third-order valence-corrected chi connectivity index (χ3v) is 3.32. The maximum atomic E-state index is 5.72. The van der Waals surface area contributed by atoms with Crippen molar-refractivity contribution >= 4 is 0 Å². The zero-order chi connectivity index (χ0) is 11.6. The lowest BCUT2D eigenvalue weighted by atomic mass is 9.92. The molecule has 3 rings (SSSR count). The average Bonchev–Trinajstić information content (AvgIpc) is 2.83. The number of rotatable bonds is 2. The molecule has 0 amide bonds. The minimum atomic E-state index is -0.322. The fraction of sp³-hybridized carbons (Fsp3) is 0.667. The van der Waals surface area contributed by atoms with E-state index in [1.165, 1.54) is 0 Å². The molecule has 5 heteroatoms. The van der Waals surface area contributed by atoms with Crippen LogP contribution in [0.2, 0.25) is 0 Å². The minimum absolute atomic E-state index is 0.177. The summed E-state index contributed by atoms with van der Waals surface area (Å²) in [7, 11) is 0. The second-order valence-corrected chi connectivity index (χ2v) is 4.46. The summed E-state index contributed by atoms with van der Waals surface area (Å²) in [5.74, 6) is -0.322. The largest absolute Gasteiger partial charge is 0.460 e. The van der Waals surface area contributed by atoms with Crippen LogP contribution in [-0.4, -0.2) is 35.1 Å². The van der Waals surface area contributed by atoms with Crippen molar-refractivity contribution < 1.29 is 14.2 Å². The Bertz CT molecular complexity index is 355. The molecule has 17 heavy (non-hydrogen) atoms. The van der Waals surface area contributed by atoms with Crippen molar-refractivity contribution in [2.45, 2.75) is 37.6 Å². The van der Waals surface area contributed by atoms with Crippen LogP contribution in [-0.2, 0) is 9.47 Å². The van der Waals surface area contributed by atoms with Crippen LogP contribution in [0, 0.1) is 0 Å². The van der Waals surface area contributed by atoms with Gasteiger partial charge in [0.2, 0.25) is 0 Å². The maximum absolute atomic E-state index is 5.72. The molecular formula is C12H16N2O3. The number of hydrogen-bond donors (Lipinski definition) is 0. The quantitative estimate of drug-likeness (QED) is 0.779. The molecule has 1 aromatic heterocycles. The fourth-order valence-electron chi connectivity index (χ4n) is 2.43. The predicted molar refractivity (Wildman–Crippen MR) is 59.6 cm³/mol. The first-order chi connectivity index (χ1) is 8.36. The Hall–Kier alpha value is -1.20. The van der Waals surface area contributed by atoms with Crippen molar-refractivity contribution in [3.8, 4) is 6.01 Å². The highest BCUT2D eigenvalue weighted by Crippen LogP contribution is 2.36. The topological polar surface area (TPSA) is 53.5 Å². The smallest absolute Gasteiger partial charge is 0.316 e. The molecular weight excluding hydrogens is 220 g/mol. The van der Waals surface area contributed by atoms with Crippen LogP contribution in [0.3, 0.4) is 0 Å². The second-order valence-electron chi connectivity index (χ2n) is 4.46. The van der Waals surface area contributed by atoms with E-state index in [2.05, 4.69) is 9.97 Å². The van der Waals surface area contributed by atoms with Crippen molar-refractivity contribution in [2.75, 3.05) is 13.2 Å². The Kier molecular flexibility index (Phi) is 2.94. The Labute approximate surface area is 100 Å². The molecule has 1 aliphatic carbocycles. The number of aromatic nitrogens is 2. The first-order valence-corrected chi connectivity index (χ1v) is 6.08. The van der Waals surface area contributed by atoms with E-state index in [0.29, 0.717) is 19.2 Å². The highest BCUT2D eigenvalue weighted by molar-refractivity contribution is 4.95. The van der Waals surface area contributed by atoms with Gasteiger partial charge in [0.1, 0.15) is 6.10 Å². The summed E-state index contributed by atoms with van der Waals surface area (Å²) in [6.45, 7) is 1.43. The van der Waals surface area contributed by atoms with Gasteiger partial charge in [-0.3, -0.25) is 0 Å². The molecule has 2 heterocycles. The van der Waals surface area contributed by atoms with Gasteiger partial charge in [0.25, 0.3) is 0 Å². The number of ether oxygens (including phenoxy) is 3. The van der Waals surface area contributed by atoms with Crippen LogP contribution < -0.4 is 4.74 Å². The molecule has 0 aromatic carbocycles. The summed E-state index contributed by atoms with van der Waals surface area (Å²) in [4.78, 5) is 8.13. The van der Waals surface area contributed by atoms with E-state index in [9.17, 15) is 0 Å². The van der Waals surface area contributed by atoms with Gasteiger partial charge >= 0.3 is 6.01 Å². The van der Waals surface area contributed by atoms with Crippen LogP contribution in [0.5, 0.6) is 6.01 Å². The van der Waals surface area contributed by atoms with E-state index in [1.54, 1.807) is 18.5 Å². The molecule has 5 nitrogen and oxygen atoms in total. The molecule has 1 aromatic rings. The van der Waals surface area contributed by atoms with Gasteiger partial charge in [0, 0.05) is 25.2 Å². The number of hydrogen-bond acceptors (Lipinski definition) is 5. The van der Waals surface area contributed by atoms with Gasteiger partial charge in [-0.15, -0.1) is 0 Å². The molecule has 0 N–H and O–H groups in total. The minimum Gasteiger partial charge on any atom is -0.460 e. The van der Waals surface area contributed by atoms with Gasteiger partial charge in [-0.2, -0.15) is 0 Å². The van der Waals surface area contributed by atoms with E-state index < -0.39 is 0 Å². The Morgan fingerprint density at radius 1 is 1.12 bits per heavy atom. The Morgan fingerprint density at radius 2 is 1.76 bits per heavy atom. The van der Waals surface area contributed by atoms with Crippen LogP contribution in [0.1, 0.15) is 25.7 Å². The second kappa shape index (κ2) is 4.58. The third-order valence-electron chi connectivity index (χ3n) is 3.32. The van der Waals surface area contributed by atoms with E-state index in [-0.39, 0.29) is 11.9 Å². The van der Waals surface area contributed by atoms with Crippen LogP contribution in [0.15, 0.2) is 18.5 Å². The lowest BCUT2D eigenvalue weighted by Crippen LogP contribution is -2.38. The maximum Gasteiger partial charge on any atom is 0.316 e. The highest BCUT2D eigenvalue weighted by atomic mass is 16.7. The highest BCUT2D eigenvalue weighted by Gasteiger charge is 2.40. The average molecular weight is 236 g/mol. The van der Waals surface area contributed by atoms with Gasteiger partial charge in [0.15, 0.2) is 5.79 Å². The van der Waals surface area contributed by atoms with Crippen molar-refractivity contribution in [3.05, 3.63) is 18.5 Å². The van der Waals surface area contributed by atoms with E-state index >= 15 is 0 Å². The molecule has 92 valence electrons.